The number of nitriles is 1. The largest absolute Gasteiger partial charge is 0.222 e. The first-order valence-corrected chi connectivity index (χ1v) is 7.60. The number of aryl methyl sites for hydroxylation is 2. The summed E-state index contributed by atoms with van der Waals surface area (Å²) in [5.41, 5.74) is 1.97. The van der Waals surface area contributed by atoms with Crippen LogP contribution in [0.5, 0.6) is 0 Å². The van der Waals surface area contributed by atoms with E-state index in [-0.39, 0.29) is 10.8 Å². The molecule has 4 heteroatoms. The molecule has 0 aromatic heterocycles. The van der Waals surface area contributed by atoms with E-state index in [0.29, 0.717) is 6.42 Å². The van der Waals surface area contributed by atoms with Gasteiger partial charge in [0.2, 0.25) is 0 Å². The zero-order chi connectivity index (χ0) is 13.9. The number of nitrogens with zero attached hydrogens (tertiary/aromatic N) is 1. The third-order valence-corrected chi connectivity index (χ3v) is 5.58. The molecule has 2 unspecified atom stereocenters. The standard InChI is InChI=1S/C14H19NO2S/c1-5-10(2)14(9-15)18(16,17)13-7-6-11(3)12(4)8-13/h6-8,10,14H,5H2,1-4H3. The Labute approximate surface area is 109 Å². The normalized spacial score (nSPS) is 14.8. The zero-order valence-electron chi connectivity index (χ0n) is 11.3. The maximum Gasteiger partial charge on any atom is 0.194 e. The van der Waals surface area contributed by atoms with Gasteiger partial charge in [-0.25, -0.2) is 8.42 Å². The first-order valence-electron chi connectivity index (χ1n) is 6.05. The highest BCUT2D eigenvalue weighted by Gasteiger charge is 2.31. The Morgan fingerprint density at radius 1 is 1.28 bits per heavy atom. The van der Waals surface area contributed by atoms with Gasteiger partial charge < -0.3 is 0 Å². The van der Waals surface area contributed by atoms with Crippen LogP contribution < -0.4 is 0 Å². The van der Waals surface area contributed by atoms with Crippen LogP contribution >= 0.6 is 0 Å². The Kier molecular flexibility index (Phi) is 4.53. The van der Waals surface area contributed by atoms with Crippen LogP contribution in [0, 0.1) is 31.1 Å². The molecule has 0 radical (unpaired) electrons. The molecular weight excluding hydrogens is 246 g/mol. The molecule has 0 aliphatic heterocycles. The molecule has 0 amide bonds. The summed E-state index contributed by atoms with van der Waals surface area (Å²) >= 11 is 0. The SMILES string of the molecule is CCC(C)C(C#N)S(=O)(=O)c1ccc(C)c(C)c1. The molecule has 0 spiro atoms. The Balaban J connectivity index is 3.28. The van der Waals surface area contributed by atoms with Crippen LogP contribution in [0.15, 0.2) is 23.1 Å². The lowest BCUT2D eigenvalue weighted by Crippen LogP contribution is -2.26. The van der Waals surface area contributed by atoms with E-state index in [9.17, 15) is 8.42 Å². The van der Waals surface area contributed by atoms with Crippen LogP contribution in [-0.2, 0) is 9.84 Å². The predicted octanol–water partition coefficient (Wildman–Crippen LogP) is 3.02. The maximum absolute atomic E-state index is 12.4. The fraction of sp³-hybridized carbons (Fsp3) is 0.500. The second-order valence-corrected chi connectivity index (χ2v) is 6.80. The third kappa shape index (κ3) is 2.73. The maximum atomic E-state index is 12.4. The third-order valence-electron chi connectivity index (χ3n) is 3.43. The van der Waals surface area contributed by atoms with Gasteiger partial charge in [-0.2, -0.15) is 5.26 Å². The van der Waals surface area contributed by atoms with Crippen molar-refractivity contribution in [3.63, 3.8) is 0 Å². The molecule has 0 heterocycles. The van der Waals surface area contributed by atoms with Gasteiger partial charge in [0.15, 0.2) is 15.1 Å². The molecule has 0 aliphatic rings. The van der Waals surface area contributed by atoms with Crippen molar-refractivity contribution in [2.75, 3.05) is 0 Å². The summed E-state index contributed by atoms with van der Waals surface area (Å²) < 4.78 is 24.8. The summed E-state index contributed by atoms with van der Waals surface area (Å²) in [6.07, 6.45) is 0.669. The van der Waals surface area contributed by atoms with Crippen LogP contribution in [-0.4, -0.2) is 13.7 Å². The van der Waals surface area contributed by atoms with Gasteiger partial charge in [-0.1, -0.05) is 26.3 Å². The number of benzene rings is 1. The van der Waals surface area contributed by atoms with Gasteiger partial charge in [0.25, 0.3) is 0 Å². The summed E-state index contributed by atoms with van der Waals surface area (Å²) in [6, 6.07) is 6.96. The summed E-state index contributed by atoms with van der Waals surface area (Å²) in [7, 11) is -3.56. The molecule has 1 aromatic rings. The molecule has 3 nitrogen and oxygen atoms in total. The minimum Gasteiger partial charge on any atom is -0.222 e. The van der Waals surface area contributed by atoms with Gasteiger partial charge in [0.05, 0.1) is 11.0 Å². The van der Waals surface area contributed by atoms with Gasteiger partial charge in [0.1, 0.15) is 0 Å². The highest BCUT2D eigenvalue weighted by Crippen LogP contribution is 2.24. The van der Waals surface area contributed by atoms with Crippen molar-refractivity contribution in [3.05, 3.63) is 29.3 Å². The molecule has 0 fully saturated rings. The Morgan fingerprint density at radius 2 is 1.89 bits per heavy atom. The number of rotatable bonds is 4. The van der Waals surface area contributed by atoms with Crippen LogP contribution in [0.25, 0.3) is 0 Å². The summed E-state index contributed by atoms with van der Waals surface area (Å²) in [5.74, 6) is -0.165. The van der Waals surface area contributed by atoms with Crippen molar-refractivity contribution in [2.45, 2.75) is 44.3 Å². The van der Waals surface area contributed by atoms with E-state index in [4.69, 9.17) is 5.26 Å². The van der Waals surface area contributed by atoms with E-state index >= 15 is 0 Å². The van der Waals surface area contributed by atoms with E-state index in [2.05, 4.69) is 0 Å². The quantitative estimate of drug-likeness (QED) is 0.840. The van der Waals surface area contributed by atoms with E-state index in [1.165, 1.54) is 0 Å². The van der Waals surface area contributed by atoms with Crippen LogP contribution in [0.1, 0.15) is 31.4 Å². The summed E-state index contributed by atoms with van der Waals surface area (Å²) in [4.78, 5) is 0.248. The van der Waals surface area contributed by atoms with Crippen molar-refractivity contribution < 1.29 is 8.42 Å². The Morgan fingerprint density at radius 3 is 2.33 bits per heavy atom. The first-order chi connectivity index (χ1) is 8.34. The zero-order valence-corrected chi connectivity index (χ0v) is 12.1. The molecule has 18 heavy (non-hydrogen) atoms. The molecule has 2 atom stereocenters. The van der Waals surface area contributed by atoms with Crippen molar-refractivity contribution in [1.29, 1.82) is 5.26 Å². The van der Waals surface area contributed by atoms with Gasteiger partial charge in [-0.05, 0) is 43.0 Å². The van der Waals surface area contributed by atoms with Crippen molar-refractivity contribution >= 4 is 9.84 Å². The average Bonchev–Trinajstić information content (AvgIpc) is 2.32. The molecule has 0 saturated carbocycles. The lowest BCUT2D eigenvalue weighted by Gasteiger charge is -2.17. The van der Waals surface area contributed by atoms with Crippen LogP contribution in [0.2, 0.25) is 0 Å². The van der Waals surface area contributed by atoms with Gasteiger partial charge in [-0.15, -0.1) is 0 Å². The molecule has 1 aromatic carbocycles. The minimum absolute atomic E-state index is 0.165. The van der Waals surface area contributed by atoms with E-state index in [1.54, 1.807) is 25.1 Å². The highest BCUT2D eigenvalue weighted by atomic mass is 32.2. The molecule has 0 N–H and O–H groups in total. The number of sulfone groups is 1. The summed E-state index contributed by atoms with van der Waals surface area (Å²) in [6.45, 7) is 7.50. The van der Waals surface area contributed by atoms with Crippen molar-refractivity contribution in [3.8, 4) is 6.07 Å². The lowest BCUT2D eigenvalue weighted by molar-refractivity contribution is 0.533. The molecule has 0 bridgehead atoms. The fourth-order valence-corrected chi connectivity index (χ4v) is 3.59. The van der Waals surface area contributed by atoms with E-state index < -0.39 is 15.1 Å². The topological polar surface area (TPSA) is 57.9 Å². The highest BCUT2D eigenvalue weighted by molar-refractivity contribution is 7.92. The molecule has 0 saturated heterocycles. The molecule has 98 valence electrons. The molecular formula is C14H19NO2S. The second kappa shape index (κ2) is 5.53. The fourth-order valence-electron chi connectivity index (χ4n) is 1.75. The van der Waals surface area contributed by atoms with Gasteiger partial charge in [-0.3, -0.25) is 0 Å². The minimum atomic E-state index is -3.56. The number of hydrogen-bond acceptors (Lipinski definition) is 3. The Hall–Kier alpha value is -1.34. The van der Waals surface area contributed by atoms with E-state index in [0.717, 1.165) is 11.1 Å². The molecule has 1 rings (SSSR count). The first kappa shape index (κ1) is 14.7. The predicted molar refractivity (Wildman–Crippen MR) is 72.0 cm³/mol. The second-order valence-electron chi connectivity index (χ2n) is 4.73. The molecule has 0 aliphatic carbocycles. The van der Waals surface area contributed by atoms with Crippen molar-refractivity contribution in [1.82, 2.24) is 0 Å². The van der Waals surface area contributed by atoms with Gasteiger partial charge >= 0.3 is 0 Å². The van der Waals surface area contributed by atoms with Crippen LogP contribution in [0.3, 0.4) is 0 Å². The number of hydrogen-bond donors (Lipinski definition) is 0. The van der Waals surface area contributed by atoms with Crippen molar-refractivity contribution in [2.24, 2.45) is 5.92 Å². The Bertz CT molecular complexity index is 570. The van der Waals surface area contributed by atoms with Crippen LogP contribution in [0.4, 0.5) is 0 Å². The van der Waals surface area contributed by atoms with Gasteiger partial charge in [0, 0.05) is 0 Å². The smallest absolute Gasteiger partial charge is 0.194 e. The summed E-state index contributed by atoms with van der Waals surface area (Å²) in [5, 5.41) is 8.15. The van der Waals surface area contributed by atoms with E-state index in [1.807, 2.05) is 26.8 Å². The average molecular weight is 265 g/mol. The monoisotopic (exact) mass is 265 g/mol. The lowest BCUT2D eigenvalue weighted by atomic mass is 10.1.